The minimum absolute atomic E-state index is 0.0668. The Bertz CT molecular complexity index is 1560. The van der Waals surface area contributed by atoms with Crippen LogP contribution in [0.5, 0.6) is 0 Å². The number of ketones is 1. The van der Waals surface area contributed by atoms with E-state index < -0.39 is 44.7 Å². The zero-order chi connectivity index (χ0) is 25.3. The van der Waals surface area contributed by atoms with Gasteiger partial charge in [-0.15, -0.1) is 0 Å². The van der Waals surface area contributed by atoms with Crippen LogP contribution in [0.15, 0.2) is 54.9 Å². The second-order valence-corrected chi connectivity index (χ2v) is 9.58. The van der Waals surface area contributed by atoms with Crippen LogP contribution in [-0.2, 0) is 10.0 Å². The number of carboxylic acid groups (broad SMARTS) is 1. The van der Waals surface area contributed by atoms with Crippen LogP contribution in [0.4, 0.5) is 14.5 Å². The number of carboxylic acids is 1. The zero-order valence-corrected chi connectivity index (χ0v) is 19.1. The summed E-state index contributed by atoms with van der Waals surface area (Å²) in [5.41, 5.74) is 0.0569. The van der Waals surface area contributed by atoms with Gasteiger partial charge in [0, 0.05) is 28.9 Å². The summed E-state index contributed by atoms with van der Waals surface area (Å²) in [6.45, 7) is 1.63. The summed E-state index contributed by atoms with van der Waals surface area (Å²) in [5, 5.41) is 9.35. The van der Waals surface area contributed by atoms with E-state index in [1.54, 1.807) is 25.1 Å². The average molecular weight is 499 g/mol. The van der Waals surface area contributed by atoms with Gasteiger partial charge in [0.15, 0.2) is 5.82 Å². The molecule has 2 heterocycles. The van der Waals surface area contributed by atoms with Crippen molar-refractivity contribution in [2.75, 3.05) is 10.5 Å². The van der Waals surface area contributed by atoms with Gasteiger partial charge in [-0.05, 0) is 42.3 Å². The van der Waals surface area contributed by atoms with Crippen LogP contribution in [0.3, 0.4) is 0 Å². The van der Waals surface area contributed by atoms with Crippen LogP contribution in [0, 0.1) is 11.6 Å². The van der Waals surface area contributed by atoms with Crippen LogP contribution < -0.4 is 4.72 Å². The largest absolute Gasteiger partial charge is 0.478 e. The van der Waals surface area contributed by atoms with Gasteiger partial charge in [-0.3, -0.25) is 9.52 Å². The second kappa shape index (κ2) is 9.26. The number of hydrogen-bond donors (Lipinski definition) is 3. The number of nitrogens with one attached hydrogen (secondary N) is 2. The number of aromatic carboxylic acids is 1. The number of H-pyrrole nitrogens is 1. The molecule has 0 atom stereocenters. The van der Waals surface area contributed by atoms with Crippen molar-refractivity contribution in [2.24, 2.45) is 0 Å². The highest BCUT2D eigenvalue weighted by Crippen LogP contribution is 2.29. The van der Waals surface area contributed by atoms with Crippen molar-refractivity contribution in [3.8, 4) is 11.1 Å². The third-order valence-corrected chi connectivity index (χ3v) is 6.77. The van der Waals surface area contributed by atoms with Crippen LogP contribution in [0.1, 0.15) is 39.6 Å². The summed E-state index contributed by atoms with van der Waals surface area (Å²) in [7, 11) is -3.87. The van der Waals surface area contributed by atoms with E-state index in [-0.39, 0.29) is 28.7 Å². The minimum atomic E-state index is -3.87. The molecule has 0 spiro atoms. The molecule has 0 fully saturated rings. The first kappa shape index (κ1) is 24.0. The van der Waals surface area contributed by atoms with E-state index in [0.717, 1.165) is 12.1 Å². The van der Waals surface area contributed by atoms with Crippen molar-refractivity contribution in [2.45, 2.75) is 13.3 Å². The molecule has 0 bridgehead atoms. The number of nitrogens with zero attached hydrogens (tertiary/aromatic N) is 1. The first-order valence-corrected chi connectivity index (χ1v) is 12.1. The van der Waals surface area contributed by atoms with E-state index in [1.165, 1.54) is 24.5 Å². The number of benzene rings is 2. The molecule has 2 aromatic carbocycles. The third-order valence-electron chi connectivity index (χ3n) is 5.30. The lowest BCUT2D eigenvalue weighted by Gasteiger charge is -2.11. The number of aromatic nitrogens is 2. The molecule has 35 heavy (non-hydrogen) atoms. The molecule has 0 radical (unpaired) electrons. The highest BCUT2D eigenvalue weighted by Gasteiger charge is 2.26. The van der Waals surface area contributed by atoms with E-state index in [2.05, 4.69) is 14.7 Å². The summed E-state index contributed by atoms with van der Waals surface area (Å²) in [6.07, 6.45) is 3.06. The molecule has 0 aliphatic carbocycles. The number of hydrogen-bond acceptors (Lipinski definition) is 5. The average Bonchev–Trinajstić information content (AvgIpc) is 3.24. The number of carbonyl (C=O) groups excluding carboxylic acids is 1. The quantitative estimate of drug-likeness (QED) is 0.304. The fourth-order valence-corrected chi connectivity index (χ4v) is 4.75. The maximum atomic E-state index is 15.1. The Hall–Kier alpha value is -4.12. The fourth-order valence-electron chi connectivity index (χ4n) is 3.62. The summed E-state index contributed by atoms with van der Waals surface area (Å²) in [5.74, 6) is -4.81. The maximum Gasteiger partial charge on any atom is 0.335 e. The van der Waals surface area contributed by atoms with Crippen LogP contribution in [-0.4, -0.2) is 41.0 Å². The fraction of sp³-hybridized carbons (Fsp3) is 0.125. The summed E-state index contributed by atoms with van der Waals surface area (Å²) in [4.78, 5) is 31.3. The molecule has 0 aliphatic rings. The standard InChI is InChI=1S/C24H19F2N3O5S/c1-2-9-35(33,34)29-19-8-7-18(25)20(21(19)26)22(30)17-12-28-23-16(17)10-15(11-27-23)13-3-5-14(6-4-13)24(31)32/h3-8,10-12,29H,2,9H2,1H3,(H,27,28)(H,31,32). The Labute approximate surface area is 198 Å². The summed E-state index contributed by atoms with van der Waals surface area (Å²) >= 11 is 0. The predicted octanol–water partition coefficient (Wildman–Crippen LogP) is 4.59. The van der Waals surface area contributed by atoms with E-state index in [9.17, 15) is 22.4 Å². The third kappa shape index (κ3) is 4.76. The number of sulfonamides is 1. The van der Waals surface area contributed by atoms with Crippen molar-refractivity contribution in [3.05, 3.63) is 83.2 Å². The molecule has 3 N–H and O–H groups in total. The SMILES string of the molecule is CCCS(=O)(=O)Nc1ccc(F)c(C(=O)c2c[nH]c3ncc(-c4ccc(C(=O)O)cc4)cc23)c1F. The van der Waals surface area contributed by atoms with Gasteiger partial charge >= 0.3 is 5.97 Å². The lowest BCUT2D eigenvalue weighted by atomic mass is 9.99. The van der Waals surface area contributed by atoms with E-state index in [0.29, 0.717) is 16.8 Å². The molecule has 180 valence electrons. The number of rotatable bonds is 8. The normalized spacial score (nSPS) is 11.5. The predicted molar refractivity (Wildman–Crippen MR) is 126 cm³/mol. The highest BCUT2D eigenvalue weighted by atomic mass is 32.2. The Morgan fingerprint density at radius 2 is 1.80 bits per heavy atom. The first-order valence-electron chi connectivity index (χ1n) is 10.5. The van der Waals surface area contributed by atoms with Crippen molar-refractivity contribution in [1.29, 1.82) is 0 Å². The maximum absolute atomic E-state index is 15.1. The molecule has 11 heteroatoms. The Kier molecular flexibility index (Phi) is 6.35. The first-order chi connectivity index (χ1) is 16.6. The van der Waals surface area contributed by atoms with Gasteiger partial charge < -0.3 is 10.1 Å². The molecule has 4 rings (SSSR count). The lowest BCUT2D eigenvalue weighted by Crippen LogP contribution is -2.18. The molecule has 2 aromatic heterocycles. The number of halogens is 2. The Morgan fingerprint density at radius 3 is 2.46 bits per heavy atom. The van der Waals surface area contributed by atoms with Gasteiger partial charge in [0.05, 0.1) is 22.6 Å². The van der Waals surface area contributed by atoms with Crippen LogP contribution >= 0.6 is 0 Å². The monoisotopic (exact) mass is 499 g/mol. The van der Waals surface area contributed by atoms with Crippen molar-refractivity contribution in [1.82, 2.24) is 9.97 Å². The summed E-state index contributed by atoms with van der Waals surface area (Å²) in [6, 6.07) is 9.32. The molecule has 4 aromatic rings. The van der Waals surface area contributed by atoms with Crippen molar-refractivity contribution >= 4 is 38.5 Å². The number of aromatic amines is 1. The smallest absolute Gasteiger partial charge is 0.335 e. The highest BCUT2D eigenvalue weighted by molar-refractivity contribution is 7.92. The van der Waals surface area contributed by atoms with E-state index in [4.69, 9.17) is 5.11 Å². The number of carbonyl (C=O) groups is 2. The number of pyridine rings is 1. The second-order valence-electron chi connectivity index (χ2n) is 7.74. The molecule has 0 unspecified atom stereocenters. The summed E-state index contributed by atoms with van der Waals surface area (Å²) < 4.78 is 55.9. The topological polar surface area (TPSA) is 129 Å². The van der Waals surface area contributed by atoms with Gasteiger partial charge in [-0.1, -0.05) is 19.1 Å². The Morgan fingerprint density at radius 1 is 1.09 bits per heavy atom. The van der Waals surface area contributed by atoms with Crippen molar-refractivity contribution in [3.63, 3.8) is 0 Å². The number of fused-ring (bicyclic) bond motifs is 1. The molecule has 0 amide bonds. The number of anilines is 1. The van der Waals surface area contributed by atoms with Gasteiger partial charge in [0.25, 0.3) is 0 Å². The molecular formula is C24H19F2N3O5S. The van der Waals surface area contributed by atoms with Gasteiger partial charge in [-0.2, -0.15) is 0 Å². The lowest BCUT2D eigenvalue weighted by molar-refractivity contribution is 0.0696. The zero-order valence-electron chi connectivity index (χ0n) is 18.3. The van der Waals surface area contributed by atoms with Gasteiger partial charge in [-0.25, -0.2) is 27.0 Å². The Balaban J connectivity index is 1.76. The van der Waals surface area contributed by atoms with E-state index >= 15 is 4.39 Å². The van der Waals surface area contributed by atoms with Gasteiger partial charge in [0.1, 0.15) is 11.5 Å². The van der Waals surface area contributed by atoms with Gasteiger partial charge in [0.2, 0.25) is 15.8 Å². The molecule has 0 saturated carbocycles. The molecular weight excluding hydrogens is 480 g/mol. The molecule has 8 nitrogen and oxygen atoms in total. The molecule has 0 aliphatic heterocycles. The van der Waals surface area contributed by atoms with E-state index in [1.807, 2.05) is 0 Å². The molecule has 0 saturated heterocycles. The van der Waals surface area contributed by atoms with Crippen LogP contribution in [0.2, 0.25) is 0 Å². The van der Waals surface area contributed by atoms with Crippen LogP contribution in [0.25, 0.3) is 22.2 Å². The van der Waals surface area contributed by atoms with Crippen molar-refractivity contribution < 1.29 is 31.9 Å². The minimum Gasteiger partial charge on any atom is -0.478 e.